The Morgan fingerprint density at radius 3 is 2.63 bits per heavy atom. The molecule has 7 heteroatoms. The summed E-state index contributed by atoms with van der Waals surface area (Å²) in [7, 11) is 1.24. The van der Waals surface area contributed by atoms with Gasteiger partial charge in [0, 0.05) is 6.04 Å². The lowest BCUT2D eigenvalue weighted by molar-refractivity contribution is -0.124. The van der Waals surface area contributed by atoms with Crippen LogP contribution in [0.3, 0.4) is 0 Å². The molecule has 2 N–H and O–H groups in total. The maximum atomic E-state index is 11.6. The molecule has 0 heterocycles. The lowest BCUT2D eigenvalue weighted by Crippen LogP contribution is -2.44. The molecule has 0 saturated heterocycles. The number of nitrogens with zero attached hydrogens (tertiary/aromatic N) is 2. The van der Waals surface area contributed by atoms with Gasteiger partial charge in [-0.2, -0.15) is 5.26 Å². The number of hydrogen-bond donors (Lipinski definition) is 2. The minimum atomic E-state index is -0.719. The first-order chi connectivity index (χ1) is 9.17. The molecule has 0 atom stereocenters. The molecule has 1 saturated carbocycles. The summed E-state index contributed by atoms with van der Waals surface area (Å²) in [5.41, 5.74) is -0.409. The van der Waals surface area contributed by atoms with Crippen LogP contribution < -0.4 is 10.6 Å². The maximum Gasteiger partial charge on any atom is 0.284 e. The molecule has 0 aromatic carbocycles. The second kappa shape index (κ2) is 8.08. The van der Waals surface area contributed by atoms with Crippen molar-refractivity contribution >= 4 is 17.5 Å². The standard InChI is InChI=1S/C12H18N4O3/c1-19-16-10(7-13)12(18)14-8-11(17)15-9-5-3-2-4-6-9/h9H,2-6,8H2,1H3,(H,14,18)(H,15,17). The summed E-state index contributed by atoms with van der Waals surface area (Å²) >= 11 is 0. The van der Waals surface area contributed by atoms with Gasteiger partial charge in [-0.15, -0.1) is 0 Å². The van der Waals surface area contributed by atoms with Crippen molar-refractivity contribution < 1.29 is 14.4 Å². The fourth-order valence-electron chi connectivity index (χ4n) is 1.97. The Morgan fingerprint density at radius 1 is 1.37 bits per heavy atom. The van der Waals surface area contributed by atoms with Gasteiger partial charge in [0.25, 0.3) is 5.91 Å². The molecular weight excluding hydrogens is 248 g/mol. The highest BCUT2D eigenvalue weighted by Crippen LogP contribution is 2.16. The van der Waals surface area contributed by atoms with Gasteiger partial charge in [-0.1, -0.05) is 24.4 Å². The summed E-state index contributed by atoms with van der Waals surface area (Å²) in [6.07, 6.45) is 5.41. The zero-order chi connectivity index (χ0) is 14.1. The fraction of sp³-hybridized carbons (Fsp3) is 0.667. The van der Waals surface area contributed by atoms with E-state index in [4.69, 9.17) is 5.26 Å². The highest BCUT2D eigenvalue weighted by Gasteiger charge is 2.17. The van der Waals surface area contributed by atoms with Crippen LogP contribution in [0.15, 0.2) is 5.16 Å². The summed E-state index contributed by atoms with van der Waals surface area (Å²) in [5.74, 6) is -0.974. The predicted octanol–water partition coefficient (Wildman–Crippen LogP) is 0.0775. The third-order valence-electron chi connectivity index (χ3n) is 2.88. The van der Waals surface area contributed by atoms with Crippen LogP contribution in [0.4, 0.5) is 0 Å². The Hall–Kier alpha value is -2.10. The molecule has 0 aromatic heterocycles. The average Bonchev–Trinajstić information content (AvgIpc) is 2.43. The van der Waals surface area contributed by atoms with Gasteiger partial charge in [-0.3, -0.25) is 9.59 Å². The quantitative estimate of drug-likeness (QED) is 0.543. The van der Waals surface area contributed by atoms with E-state index in [-0.39, 0.29) is 18.5 Å². The first kappa shape index (κ1) is 15.0. The Balaban J connectivity index is 2.31. The zero-order valence-corrected chi connectivity index (χ0v) is 10.9. The van der Waals surface area contributed by atoms with Crippen molar-refractivity contribution in [3.05, 3.63) is 0 Å². The molecule has 7 nitrogen and oxygen atoms in total. The zero-order valence-electron chi connectivity index (χ0n) is 10.9. The summed E-state index contributed by atoms with van der Waals surface area (Å²) in [6, 6.07) is 1.78. The van der Waals surface area contributed by atoms with Gasteiger partial charge in [0.15, 0.2) is 0 Å². The Labute approximate surface area is 112 Å². The van der Waals surface area contributed by atoms with E-state index in [1.807, 2.05) is 0 Å². The largest absolute Gasteiger partial charge is 0.398 e. The normalized spacial score (nSPS) is 16.3. The first-order valence-electron chi connectivity index (χ1n) is 6.26. The molecule has 0 radical (unpaired) electrons. The van der Waals surface area contributed by atoms with E-state index in [2.05, 4.69) is 20.6 Å². The number of carbonyl (C=O) groups is 2. The molecule has 0 spiro atoms. The van der Waals surface area contributed by atoms with Crippen molar-refractivity contribution in [1.82, 2.24) is 10.6 Å². The molecule has 19 heavy (non-hydrogen) atoms. The van der Waals surface area contributed by atoms with E-state index < -0.39 is 11.6 Å². The highest BCUT2D eigenvalue weighted by atomic mass is 16.6. The van der Waals surface area contributed by atoms with Crippen LogP contribution in [0.25, 0.3) is 0 Å². The lowest BCUT2D eigenvalue weighted by atomic mass is 9.95. The number of oxime groups is 1. The third-order valence-corrected chi connectivity index (χ3v) is 2.88. The van der Waals surface area contributed by atoms with Gasteiger partial charge in [-0.25, -0.2) is 0 Å². The fourth-order valence-corrected chi connectivity index (χ4v) is 1.97. The van der Waals surface area contributed by atoms with E-state index in [1.165, 1.54) is 13.5 Å². The number of nitriles is 1. The van der Waals surface area contributed by atoms with E-state index in [0.717, 1.165) is 25.7 Å². The van der Waals surface area contributed by atoms with Crippen molar-refractivity contribution in [3.8, 4) is 6.07 Å². The van der Waals surface area contributed by atoms with E-state index >= 15 is 0 Å². The van der Waals surface area contributed by atoms with Crippen LogP contribution in [0.1, 0.15) is 32.1 Å². The number of nitrogens with one attached hydrogen (secondary N) is 2. The second-order valence-electron chi connectivity index (χ2n) is 4.32. The van der Waals surface area contributed by atoms with Crippen LogP contribution in [0.2, 0.25) is 0 Å². The van der Waals surface area contributed by atoms with E-state index in [0.29, 0.717) is 0 Å². The maximum absolute atomic E-state index is 11.6. The van der Waals surface area contributed by atoms with Crippen molar-refractivity contribution in [3.63, 3.8) is 0 Å². The molecular formula is C12H18N4O3. The Morgan fingerprint density at radius 2 is 2.05 bits per heavy atom. The first-order valence-corrected chi connectivity index (χ1v) is 6.26. The van der Waals surface area contributed by atoms with Crippen LogP contribution in [-0.2, 0) is 14.4 Å². The average molecular weight is 266 g/mol. The highest BCUT2D eigenvalue weighted by molar-refractivity contribution is 6.45. The molecule has 0 unspecified atom stereocenters. The van der Waals surface area contributed by atoms with Gasteiger partial charge < -0.3 is 15.5 Å². The molecule has 1 aliphatic carbocycles. The van der Waals surface area contributed by atoms with Crippen molar-refractivity contribution in [1.29, 1.82) is 5.26 Å². The summed E-state index contributed by atoms with van der Waals surface area (Å²) < 4.78 is 0. The molecule has 1 fully saturated rings. The van der Waals surface area contributed by atoms with Gasteiger partial charge >= 0.3 is 0 Å². The van der Waals surface area contributed by atoms with Gasteiger partial charge in [-0.05, 0) is 12.8 Å². The van der Waals surface area contributed by atoms with Crippen LogP contribution in [0, 0.1) is 11.3 Å². The molecule has 0 bridgehead atoms. The topological polar surface area (TPSA) is 104 Å². The second-order valence-corrected chi connectivity index (χ2v) is 4.32. The molecule has 0 aliphatic heterocycles. The van der Waals surface area contributed by atoms with Gasteiger partial charge in [0.05, 0.1) is 6.54 Å². The molecule has 104 valence electrons. The number of amides is 2. The summed E-state index contributed by atoms with van der Waals surface area (Å²) in [4.78, 5) is 27.4. The molecule has 0 aromatic rings. The predicted molar refractivity (Wildman–Crippen MR) is 68.1 cm³/mol. The third kappa shape index (κ3) is 5.38. The molecule has 2 amide bonds. The Kier molecular flexibility index (Phi) is 6.36. The van der Waals surface area contributed by atoms with Gasteiger partial charge in [0.1, 0.15) is 13.2 Å². The van der Waals surface area contributed by atoms with Crippen LogP contribution in [-0.4, -0.2) is 37.2 Å². The van der Waals surface area contributed by atoms with Crippen molar-refractivity contribution in [2.45, 2.75) is 38.1 Å². The smallest absolute Gasteiger partial charge is 0.284 e. The number of hydrogen-bond acceptors (Lipinski definition) is 5. The molecule has 1 aliphatic rings. The Bertz CT molecular complexity index is 394. The summed E-state index contributed by atoms with van der Waals surface area (Å²) in [6.45, 7) is -0.167. The van der Waals surface area contributed by atoms with Gasteiger partial charge in [0.2, 0.25) is 11.6 Å². The van der Waals surface area contributed by atoms with Crippen LogP contribution >= 0.6 is 0 Å². The van der Waals surface area contributed by atoms with Crippen molar-refractivity contribution in [2.75, 3.05) is 13.7 Å². The number of carbonyl (C=O) groups excluding carboxylic acids is 2. The monoisotopic (exact) mass is 266 g/mol. The lowest BCUT2D eigenvalue weighted by Gasteiger charge is -2.22. The number of rotatable bonds is 5. The van der Waals surface area contributed by atoms with Crippen LogP contribution in [0.5, 0.6) is 0 Å². The summed E-state index contributed by atoms with van der Waals surface area (Å²) in [5, 5.41) is 17.1. The van der Waals surface area contributed by atoms with Crippen molar-refractivity contribution in [2.24, 2.45) is 5.16 Å². The molecule has 1 rings (SSSR count). The van der Waals surface area contributed by atoms with E-state index in [1.54, 1.807) is 6.07 Å². The SMILES string of the molecule is CON=C(C#N)C(=O)NCC(=O)NC1CCCCC1. The van der Waals surface area contributed by atoms with E-state index in [9.17, 15) is 9.59 Å². The minimum absolute atomic E-state index is 0.167. The minimum Gasteiger partial charge on any atom is -0.398 e.